The van der Waals surface area contributed by atoms with Crippen LogP contribution in [0.2, 0.25) is 0 Å². The fraction of sp³-hybridized carbons (Fsp3) is 0.400. The van der Waals surface area contributed by atoms with Crippen molar-refractivity contribution in [2.75, 3.05) is 13.2 Å². The molecule has 0 aromatic heterocycles. The molecule has 0 spiro atoms. The Labute approximate surface area is 91.3 Å². The third-order valence-corrected chi connectivity index (χ3v) is 2.63. The molecular weight excluding hydrogens is 246 g/mol. The van der Waals surface area contributed by atoms with Gasteiger partial charge in [0.05, 0.1) is 12.7 Å². The molecule has 3 nitrogen and oxygen atoms in total. The van der Waals surface area contributed by atoms with Crippen LogP contribution in [-0.2, 0) is 9.47 Å². The van der Waals surface area contributed by atoms with Crippen LogP contribution in [0, 0.1) is 0 Å². The summed E-state index contributed by atoms with van der Waals surface area (Å²) in [5.41, 5.74) is 6.51. The van der Waals surface area contributed by atoms with Crippen LogP contribution in [0.5, 0.6) is 0 Å². The summed E-state index contributed by atoms with van der Waals surface area (Å²) < 4.78 is 12.1. The van der Waals surface area contributed by atoms with Gasteiger partial charge in [0, 0.05) is 16.6 Å². The first kappa shape index (κ1) is 10.1. The number of hydrogen-bond donors (Lipinski definition) is 1. The van der Waals surface area contributed by atoms with Gasteiger partial charge in [-0.3, -0.25) is 0 Å². The van der Waals surface area contributed by atoms with Gasteiger partial charge in [0.25, 0.3) is 0 Å². The van der Waals surface area contributed by atoms with E-state index in [9.17, 15) is 0 Å². The number of halogens is 1. The zero-order valence-corrected chi connectivity index (χ0v) is 9.24. The minimum absolute atomic E-state index is 0.0268. The van der Waals surface area contributed by atoms with Gasteiger partial charge in [0.15, 0.2) is 6.29 Å². The maximum Gasteiger partial charge on any atom is 0.184 e. The third kappa shape index (κ3) is 2.15. The summed E-state index contributed by atoms with van der Waals surface area (Å²) in [6, 6.07) is 7.90. The molecule has 0 bridgehead atoms. The van der Waals surface area contributed by atoms with Crippen molar-refractivity contribution >= 4 is 15.9 Å². The monoisotopic (exact) mass is 257 g/mol. The van der Waals surface area contributed by atoms with Crippen LogP contribution in [0.1, 0.15) is 11.9 Å². The molecule has 14 heavy (non-hydrogen) atoms. The smallest absolute Gasteiger partial charge is 0.184 e. The van der Waals surface area contributed by atoms with Gasteiger partial charge in [-0.2, -0.15) is 0 Å². The second kappa shape index (κ2) is 4.40. The van der Waals surface area contributed by atoms with Crippen molar-refractivity contribution in [3.05, 3.63) is 34.3 Å². The van der Waals surface area contributed by atoms with Crippen LogP contribution in [0.3, 0.4) is 0 Å². The molecule has 1 fully saturated rings. The second-order valence-corrected chi connectivity index (χ2v) is 4.13. The Kier molecular flexibility index (Phi) is 3.18. The van der Waals surface area contributed by atoms with E-state index in [0.29, 0.717) is 13.2 Å². The molecule has 1 heterocycles. The van der Waals surface area contributed by atoms with E-state index in [1.807, 2.05) is 24.3 Å². The van der Waals surface area contributed by atoms with Gasteiger partial charge in [-0.15, -0.1) is 0 Å². The SMILES string of the molecule is NCC1COC(c2cccc(Br)c2)O1. The number of ether oxygens (including phenoxy) is 2. The first-order valence-corrected chi connectivity index (χ1v) is 5.31. The lowest BCUT2D eigenvalue weighted by Gasteiger charge is -2.10. The number of rotatable bonds is 2. The highest BCUT2D eigenvalue weighted by Gasteiger charge is 2.26. The van der Waals surface area contributed by atoms with E-state index in [1.165, 1.54) is 0 Å². The Balaban J connectivity index is 2.09. The zero-order chi connectivity index (χ0) is 9.97. The molecule has 0 aliphatic carbocycles. The van der Waals surface area contributed by atoms with Crippen molar-refractivity contribution in [2.24, 2.45) is 5.73 Å². The molecule has 1 aliphatic heterocycles. The predicted molar refractivity (Wildman–Crippen MR) is 56.8 cm³/mol. The van der Waals surface area contributed by atoms with E-state index < -0.39 is 0 Å². The van der Waals surface area contributed by atoms with Crippen molar-refractivity contribution in [3.63, 3.8) is 0 Å². The van der Waals surface area contributed by atoms with Crippen molar-refractivity contribution in [1.82, 2.24) is 0 Å². The largest absolute Gasteiger partial charge is 0.346 e. The van der Waals surface area contributed by atoms with E-state index >= 15 is 0 Å². The van der Waals surface area contributed by atoms with Crippen LogP contribution in [0.4, 0.5) is 0 Å². The highest BCUT2D eigenvalue weighted by Crippen LogP contribution is 2.27. The highest BCUT2D eigenvalue weighted by atomic mass is 79.9. The lowest BCUT2D eigenvalue weighted by Crippen LogP contribution is -2.21. The quantitative estimate of drug-likeness (QED) is 0.880. The first-order valence-electron chi connectivity index (χ1n) is 4.52. The van der Waals surface area contributed by atoms with Gasteiger partial charge in [-0.25, -0.2) is 0 Å². The Bertz CT molecular complexity index is 319. The molecule has 1 saturated heterocycles. The second-order valence-electron chi connectivity index (χ2n) is 3.21. The minimum atomic E-state index is -0.263. The lowest BCUT2D eigenvalue weighted by molar-refractivity contribution is -0.0585. The van der Waals surface area contributed by atoms with Crippen LogP contribution in [-0.4, -0.2) is 19.3 Å². The van der Waals surface area contributed by atoms with E-state index in [2.05, 4.69) is 15.9 Å². The number of hydrogen-bond acceptors (Lipinski definition) is 3. The van der Waals surface area contributed by atoms with Crippen LogP contribution >= 0.6 is 15.9 Å². The van der Waals surface area contributed by atoms with Gasteiger partial charge in [0.2, 0.25) is 0 Å². The first-order chi connectivity index (χ1) is 6.79. The molecule has 2 N–H and O–H groups in total. The fourth-order valence-electron chi connectivity index (χ4n) is 1.40. The molecule has 0 radical (unpaired) electrons. The van der Waals surface area contributed by atoms with E-state index in [1.54, 1.807) is 0 Å². The Morgan fingerprint density at radius 3 is 3.00 bits per heavy atom. The summed E-state index contributed by atoms with van der Waals surface area (Å²) in [7, 11) is 0. The van der Waals surface area contributed by atoms with Gasteiger partial charge in [0.1, 0.15) is 0 Å². The molecule has 1 aromatic rings. The summed E-state index contributed by atoms with van der Waals surface area (Å²) in [6.07, 6.45) is -0.236. The molecule has 0 amide bonds. The molecule has 4 heteroatoms. The molecule has 1 aliphatic rings. The van der Waals surface area contributed by atoms with Gasteiger partial charge >= 0.3 is 0 Å². The standard InChI is InChI=1S/C10H12BrNO2/c11-8-3-1-2-7(4-8)10-13-6-9(5-12)14-10/h1-4,9-10H,5-6,12H2. The maximum atomic E-state index is 5.58. The topological polar surface area (TPSA) is 44.5 Å². The van der Waals surface area contributed by atoms with Gasteiger partial charge < -0.3 is 15.2 Å². The summed E-state index contributed by atoms with van der Waals surface area (Å²) in [5, 5.41) is 0. The average molecular weight is 258 g/mol. The minimum Gasteiger partial charge on any atom is -0.346 e. The maximum absolute atomic E-state index is 5.58. The average Bonchev–Trinajstić information content (AvgIpc) is 2.66. The summed E-state index contributed by atoms with van der Waals surface area (Å²) in [6.45, 7) is 1.08. The molecule has 2 rings (SSSR count). The van der Waals surface area contributed by atoms with E-state index in [0.717, 1.165) is 10.0 Å². The van der Waals surface area contributed by atoms with Crippen molar-refractivity contribution in [1.29, 1.82) is 0 Å². The van der Waals surface area contributed by atoms with E-state index in [4.69, 9.17) is 15.2 Å². The molecule has 1 aromatic carbocycles. The Morgan fingerprint density at radius 2 is 2.36 bits per heavy atom. The van der Waals surface area contributed by atoms with Crippen LogP contribution < -0.4 is 5.73 Å². The van der Waals surface area contributed by atoms with Crippen molar-refractivity contribution < 1.29 is 9.47 Å². The fourth-order valence-corrected chi connectivity index (χ4v) is 1.82. The zero-order valence-electron chi connectivity index (χ0n) is 7.65. The van der Waals surface area contributed by atoms with E-state index in [-0.39, 0.29) is 12.4 Å². The predicted octanol–water partition coefficient (Wildman–Crippen LogP) is 1.82. The Morgan fingerprint density at radius 1 is 1.50 bits per heavy atom. The Hall–Kier alpha value is -0.420. The summed E-state index contributed by atoms with van der Waals surface area (Å²) >= 11 is 3.41. The van der Waals surface area contributed by atoms with Crippen molar-refractivity contribution in [3.8, 4) is 0 Å². The molecule has 2 atom stereocenters. The van der Waals surface area contributed by atoms with Crippen LogP contribution in [0.25, 0.3) is 0 Å². The third-order valence-electron chi connectivity index (χ3n) is 2.13. The molecule has 2 unspecified atom stereocenters. The molecular formula is C10H12BrNO2. The van der Waals surface area contributed by atoms with Gasteiger partial charge in [-0.05, 0) is 12.1 Å². The molecule has 76 valence electrons. The van der Waals surface area contributed by atoms with Crippen molar-refractivity contribution in [2.45, 2.75) is 12.4 Å². The molecule has 0 saturated carbocycles. The summed E-state index contributed by atoms with van der Waals surface area (Å²) in [4.78, 5) is 0. The number of nitrogens with two attached hydrogens (primary N) is 1. The normalized spacial score (nSPS) is 26.7. The lowest BCUT2D eigenvalue weighted by atomic mass is 10.2. The summed E-state index contributed by atoms with van der Waals surface area (Å²) in [5.74, 6) is 0. The highest BCUT2D eigenvalue weighted by molar-refractivity contribution is 9.10. The number of benzene rings is 1. The van der Waals surface area contributed by atoms with Crippen LogP contribution in [0.15, 0.2) is 28.7 Å². The van der Waals surface area contributed by atoms with Gasteiger partial charge in [-0.1, -0.05) is 28.1 Å².